The monoisotopic (exact) mass is 280 g/mol. The summed E-state index contributed by atoms with van der Waals surface area (Å²) >= 11 is 0. The number of piperazine rings is 1. The summed E-state index contributed by atoms with van der Waals surface area (Å²) in [4.78, 5) is 14.8. The molecule has 0 bridgehead atoms. The van der Waals surface area contributed by atoms with E-state index in [4.69, 9.17) is 4.74 Å². The number of halogens is 1. The van der Waals surface area contributed by atoms with Crippen LogP contribution in [0.15, 0.2) is 18.2 Å². The molecule has 1 aliphatic heterocycles. The van der Waals surface area contributed by atoms with Gasteiger partial charge in [-0.1, -0.05) is 6.07 Å². The number of benzene rings is 1. The molecule has 1 aromatic rings. The molecule has 5 heteroatoms. The van der Waals surface area contributed by atoms with Gasteiger partial charge in [0, 0.05) is 26.2 Å². The Morgan fingerprint density at radius 2 is 2.00 bits per heavy atom. The number of Topliss-reactive ketones (excluding diaryl/α,β-unsaturated/α-hetero) is 1. The largest absolute Gasteiger partial charge is 0.494 e. The predicted molar refractivity (Wildman–Crippen MR) is 75.8 cm³/mol. The second-order valence-electron chi connectivity index (χ2n) is 5.45. The topological polar surface area (TPSA) is 41.6 Å². The van der Waals surface area contributed by atoms with Crippen molar-refractivity contribution in [2.24, 2.45) is 0 Å². The molecule has 0 atom stereocenters. The van der Waals surface area contributed by atoms with E-state index >= 15 is 0 Å². The Balaban J connectivity index is 2.30. The zero-order valence-corrected chi connectivity index (χ0v) is 12.2. The SMILES string of the molecule is COc1cccc(C(=O)C(C)(C)N2CCNCC2)c1F. The molecular weight excluding hydrogens is 259 g/mol. The van der Waals surface area contributed by atoms with Crippen molar-refractivity contribution in [1.82, 2.24) is 10.2 Å². The number of hydrogen-bond acceptors (Lipinski definition) is 4. The number of methoxy groups -OCH3 is 1. The predicted octanol–water partition coefficient (Wildman–Crippen LogP) is 1.70. The molecule has 110 valence electrons. The highest BCUT2D eigenvalue weighted by Crippen LogP contribution is 2.26. The molecule has 0 unspecified atom stereocenters. The number of nitrogens with zero attached hydrogens (tertiary/aromatic N) is 1. The molecule has 1 N–H and O–H groups in total. The van der Waals surface area contributed by atoms with E-state index in [-0.39, 0.29) is 17.1 Å². The fraction of sp³-hybridized carbons (Fsp3) is 0.533. The lowest BCUT2D eigenvalue weighted by Crippen LogP contribution is -2.57. The fourth-order valence-corrected chi connectivity index (χ4v) is 2.54. The van der Waals surface area contributed by atoms with Crippen LogP contribution in [0.4, 0.5) is 4.39 Å². The number of carbonyl (C=O) groups is 1. The molecular formula is C15H21FN2O2. The smallest absolute Gasteiger partial charge is 0.185 e. The Morgan fingerprint density at radius 1 is 1.35 bits per heavy atom. The summed E-state index contributed by atoms with van der Waals surface area (Å²) in [5.74, 6) is -0.689. The summed E-state index contributed by atoms with van der Waals surface area (Å²) in [7, 11) is 1.40. The molecule has 0 radical (unpaired) electrons. The molecule has 0 amide bonds. The lowest BCUT2D eigenvalue weighted by Gasteiger charge is -2.40. The Hall–Kier alpha value is -1.46. The molecule has 0 aromatic heterocycles. The van der Waals surface area contributed by atoms with E-state index in [0.29, 0.717) is 0 Å². The van der Waals surface area contributed by atoms with Gasteiger partial charge >= 0.3 is 0 Å². The molecule has 1 aliphatic rings. The molecule has 2 rings (SSSR count). The Morgan fingerprint density at radius 3 is 2.60 bits per heavy atom. The number of carbonyl (C=O) groups excluding carboxylic acids is 1. The van der Waals surface area contributed by atoms with Gasteiger partial charge in [0.15, 0.2) is 17.3 Å². The average molecular weight is 280 g/mol. The second kappa shape index (κ2) is 5.89. The highest BCUT2D eigenvalue weighted by Gasteiger charge is 2.37. The minimum Gasteiger partial charge on any atom is -0.494 e. The van der Waals surface area contributed by atoms with Crippen LogP contribution in [0.1, 0.15) is 24.2 Å². The van der Waals surface area contributed by atoms with Crippen LogP contribution in [0.2, 0.25) is 0 Å². The van der Waals surface area contributed by atoms with Crippen LogP contribution < -0.4 is 10.1 Å². The van der Waals surface area contributed by atoms with Gasteiger partial charge in [0.1, 0.15) is 0 Å². The quantitative estimate of drug-likeness (QED) is 0.852. The third-order valence-electron chi connectivity index (χ3n) is 3.89. The van der Waals surface area contributed by atoms with E-state index in [1.54, 1.807) is 6.07 Å². The van der Waals surface area contributed by atoms with Gasteiger partial charge in [0.25, 0.3) is 0 Å². The molecule has 4 nitrogen and oxygen atoms in total. The van der Waals surface area contributed by atoms with Gasteiger partial charge < -0.3 is 10.1 Å². The van der Waals surface area contributed by atoms with Crippen LogP contribution in [0.3, 0.4) is 0 Å². The maximum atomic E-state index is 14.2. The van der Waals surface area contributed by atoms with Crippen molar-refractivity contribution < 1.29 is 13.9 Å². The van der Waals surface area contributed by atoms with Crippen molar-refractivity contribution in [3.8, 4) is 5.75 Å². The number of ether oxygens (including phenoxy) is 1. The summed E-state index contributed by atoms with van der Waals surface area (Å²) in [5, 5.41) is 3.25. The molecule has 1 aromatic carbocycles. The Labute approximate surface area is 118 Å². The van der Waals surface area contributed by atoms with E-state index in [1.165, 1.54) is 19.2 Å². The molecule has 20 heavy (non-hydrogen) atoms. The number of hydrogen-bond donors (Lipinski definition) is 1. The maximum absolute atomic E-state index is 14.2. The Bertz CT molecular complexity index is 497. The second-order valence-corrected chi connectivity index (χ2v) is 5.45. The zero-order chi connectivity index (χ0) is 14.8. The van der Waals surface area contributed by atoms with Gasteiger partial charge in [-0.25, -0.2) is 4.39 Å². The van der Waals surface area contributed by atoms with Crippen LogP contribution in [0.25, 0.3) is 0 Å². The minimum absolute atomic E-state index is 0.0906. The minimum atomic E-state index is -0.727. The highest BCUT2D eigenvalue weighted by atomic mass is 19.1. The van der Waals surface area contributed by atoms with Crippen LogP contribution in [-0.2, 0) is 0 Å². The summed E-state index contributed by atoms with van der Waals surface area (Å²) in [6.45, 7) is 6.95. The van der Waals surface area contributed by atoms with Crippen molar-refractivity contribution in [2.75, 3.05) is 33.3 Å². The van der Waals surface area contributed by atoms with Crippen molar-refractivity contribution >= 4 is 5.78 Å². The maximum Gasteiger partial charge on any atom is 0.185 e. The first-order valence-electron chi connectivity index (χ1n) is 6.81. The molecule has 1 saturated heterocycles. The van der Waals surface area contributed by atoms with Gasteiger partial charge in [0.2, 0.25) is 0 Å². The average Bonchev–Trinajstić information content (AvgIpc) is 2.47. The van der Waals surface area contributed by atoms with Crippen molar-refractivity contribution in [1.29, 1.82) is 0 Å². The number of rotatable bonds is 4. The first-order chi connectivity index (χ1) is 9.48. The fourth-order valence-electron chi connectivity index (χ4n) is 2.54. The van der Waals surface area contributed by atoms with Gasteiger partial charge in [-0.3, -0.25) is 9.69 Å². The highest BCUT2D eigenvalue weighted by molar-refractivity contribution is 6.03. The van der Waals surface area contributed by atoms with Gasteiger partial charge in [-0.15, -0.1) is 0 Å². The standard InChI is InChI=1S/C15H21FN2O2/c1-15(2,18-9-7-17-8-10-18)14(19)11-5-4-6-12(20-3)13(11)16/h4-6,17H,7-10H2,1-3H3. The van der Waals surface area contributed by atoms with Gasteiger partial charge in [0.05, 0.1) is 18.2 Å². The lowest BCUT2D eigenvalue weighted by atomic mass is 9.90. The third kappa shape index (κ3) is 2.69. The van der Waals surface area contributed by atoms with E-state index in [2.05, 4.69) is 10.2 Å². The van der Waals surface area contributed by atoms with E-state index in [1.807, 2.05) is 13.8 Å². The molecule has 0 aliphatic carbocycles. The van der Waals surface area contributed by atoms with Crippen LogP contribution in [0, 0.1) is 5.82 Å². The number of ketones is 1. The molecule has 1 heterocycles. The van der Waals surface area contributed by atoms with Crippen molar-refractivity contribution in [3.63, 3.8) is 0 Å². The van der Waals surface area contributed by atoms with Crippen molar-refractivity contribution in [3.05, 3.63) is 29.6 Å². The van der Waals surface area contributed by atoms with Gasteiger partial charge in [-0.05, 0) is 26.0 Å². The van der Waals surface area contributed by atoms with E-state index < -0.39 is 11.4 Å². The van der Waals surface area contributed by atoms with Crippen LogP contribution in [-0.4, -0.2) is 49.5 Å². The summed E-state index contributed by atoms with van der Waals surface area (Å²) < 4.78 is 19.2. The van der Waals surface area contributed by atoms with E-state index in [9.17, 15) is 9.18 Å². The zero-order valence-electron chi connectivity index (χ0n) is 12.2. The summed E-state index contributed by atoms with van der Waals surface area (Å²) in [5.41, 5.74) is -0.636. The molecule has 0 saturated carbocycles. The Kier molecular flexibility index (Phi) is 4.40. The normalized spacial score (nSPS) is 17.0. The summed E-state index contributed by atoms with van der Waals surface area (Å²) in [6, 6.07) is 4.68. The third-order valence-corrected chi connectivity index (χ3v) is 3.89. The summed E-state index contributed by atoms with van der Waals surface area (Å²) in [6.07, 6.45) is 0. The lowest BCUT2D eigenvalue weighted by molar-refractivity contribution is 0.0597. The van der Waals surface area contributed by atoms with Crippen LogP contribution in [0.5, 0.6) is 5.75 Å². The first-order valence-corrected chi connectivity index (χ1v) is 6.81. The van der Waals surface area contributed by atoms with E-state index in [0.717, 1.165) is 26.2 Å². The van der Waals surface area contributed by atoms with Gasteiger partial charge in [-0.2, -0.15) is 0 Å². The molecule has 0 spiro atoms. The first kappa shape index (κ1) is 14.9. The number of nitrogens with one attached hydrogen (secondary N) is 1. The molecule has 1 fully saturated rings. The van der Waals surface area contributed by atoms with Crippen molar-refractivity contribution in [2.45, 2.75) is 19.4 Å². The van der Waals surface area contributed by atoms with Crippen LogP contribution >= 0.6 is 0 Å².